The summed E-state index contributed by atoms with van der Waals surface area (Å²) in [6.07, 6.45) is 1.53. The van der Waals surface area contributed by atoms with E-state index >= 15 is 0 Å². The molecular formula is C13H20O2. The number of aliphatic hydroxyl groups excluding tert-OH is 1. The molecule has 0 spiro atoms. The van der Waals surface area contributed by atoms with Crippen LogP contribution >= 0.6 is 0 Å². The monoisotopic (exact) mass is 208 g/mol. The molecule has 0 saturated carbocycles. The van der Waals surface area contributed by atoms with Gasteiger partial charge in [0.05, 0.1) is 13.2 Å². The second-order valence-corrected chi connectivity index (χ2v) is 4.04. The second-order valence-electron chi connectivity index (χ2n) is 4.04. The minimum atomic E-state index is -0.380. The summed E-state index contributed by atoms with van der Waals surface area (Å²) in [4.78, 5) is 0. The summed E-state index contributed by atoms with van der Waals surface area (Å²) in [6.45, 7) is 4.30. The first-order chi connectivity index (χ1) is 7.17. The average Bonchev–Trinajstić information content (AvgIpc) is 2.28. The molecule has 1 aromatic rings. The van der Waals surface area contributed by atoms with E-state index in [1.165, 1.54) is 0 Å². The van der Waals surface area contributed by atoms with Gasteiger partial charge in [0.1, 0.15) is 5.75 Å². The Balaban J connectivity index is 2.68. The van der Waals surface area contributed by atoms with Gasteiger partial charge >= 0.3 is 0 Å². The van der Waals surface area contributed by atoms with Gasteiger partial charge < -0.3 is 9.84 Å². The molecule has 0 aliphatic rings. The molecule has 1 aromatic carbocycles. The maximum Gasteiger partial charge on any atom is 0.119 e. The third kappa shape index (κ3) is 3.56. The lowest BCUT2D eigenvalue weighted by Crippen LogP contribution is -2.03. The van der Waals surface area contributed by atoms with Crippen LogP contribution in [0, 0.1) is 5.92 Å². The maximum absolute atomic E-state index is 9.99. The van der Waals surface area contributed by atoms with Crippen LogP contribution in [-0.2, 0) is 0 Å². The van der Waals surface area contributed by atoms with Gasteiger partial charge in [0, 0.05) is 0 Å². The van der Waals surface area contributed by atoms with Crippen molar-refractivity contribution < 1.29 is 9.84 Å². The summed E-state index contributed by atoms with van der Waals surface area (Å²) in [6, 6.07) is 7.64. The van der Waals surface area contributed by atoms with E-state index in [4.69, 9.17) is 4.74 Å². The summed E-state index contributed by atoms with van der Waals surface area (Å²) in [7, 11) is 1.64. The van der Waals surface area contributed by atoms with E-state index in [2.05, 4.69) is 13.8 Å². The van der Waals surface area contributed by atoms with Crippen LogP contribution in [0.4, 0.5) is 0 Å². The summed E-state index contributed by atoms with van der Waals surface area (Å²) in [5.74, 6) is 1.35. The Morgan fingerprint density at radius 2 is 2.13 bits per heavy atom. The number of methoxy groups -OCH3 is 1. The highest BCUT2D eigenvalue weighted by Crippen LogP contribution is 2.25. The number of hydrogen-bond donors (Lipinski definition) is 1. The predicted molar refractivity (Wildman–Crippen MR) is 62.0 cm³/mol. The SMILES string of the molecule is CCC(C)CC(O)c1cccc(OC)c1. The van der Waals surface area contributed by atoms with Crippen molar-refractivity contribution in [3.63, 3.8) is 0 Å². The minimum absolute atomic E-state index is 0.380. The molecular weight excluding hydrogens is 188 g/mol. The zero-order valence-corrected chi connectivity index (χ0v) is 9.73. The van der Waals surface area contributed by atoms with E-state index in [1.54, 1.807) is 7.11 Å². The zero-order chi connectivity index (χ0) is 11.3. The van der Waals surface area contributed by atoms with Crippen molar-refractivity contribution in [2.75, 3.05) is 7.11 Å². The molecule has 0 aliphatic heterocycles. The van der Waals surface area contributed by atoms with E-state index in [1.807, 2.05) is 24.3 Å². The van der Waals surface area contributed by atoms with Gasteiger partial charge in [0.2, 0.25) is 0 Å². The van der Waals surface area contributed by atoms with Crippen LogP contribution < -0.4 is 4.74 Å². The van der Waals surface area contributed by atoms with E-state index < -0.39 is 0 Å². The Kier molecular flexibility index (Phi) is 4.63. The van der Waals surface area contributed by atoms with Gasteiger partial charge in [-0.3, -0.25) is 0 Å². The third-order valence-electron chi connectivity index (χ3n) is 2.80. The van der Waals surface area contributed by atoms with Gasteiger partial charge in [-0.2, -0.15) is 0 Å². The first-order valence-electron chi connectivity index (χ1n) is 5.49. The molecule has 2 atom stereocenters. The highest BCUT2D eigenvalue weighted by atomic mass is 16.5. The first-order valence-corrected chi connectivity index (χ1v) is 5.49. The highest BCUT2D eigenvalue weighted by molar-refractivity contribution is 5.29. The van der Waals surface area contributed by atoms with Gasteiger partial charge in [0.15, 0.2) is 0 Å². The number of ether oxygens (including phenoxy) is 1. The molecule has 0 heterocycles. The first kappa shape index (κ1) is 12.1. The lowest BCUT2D eigenvalue weighted by Gasteiger charge is -2.15. The van der Waals surface area contributed by atoms with Crippen molar-refractivity contribution in [1.82, 2.24) is 0 Å². The van der Waals surface area contributed by atoms with Gasteiger partial charge in [-0.25, -0.2) is 0 Å². The fourth-order valence-electron chi connectivity index (χ4n) is 1.53. The van der Waals surface area contributed by atoms with Crippen LogP contribution in [0.15, 0.2) is 24.3 Å². The van der Waals surface area contributed by atoms with Gasteiger partial charge in [0.25, 0.3) is 0 Å². The Hall–Kier alpha value is -1.02. The molecule has 0 aromatic heterocycles. The van der Waals surface area contributed by atoms with Crippen LogP contribution in [0.5, 0.6) is 5.75 Å². The summed E-state index contributed by atoms with van der Waals surface area (Å²) < 4.78 is 5.13. The Bertz CT molecular complexity index is 296. The van der Waals surface area contributed by atoms with E-state index in [9.17, 15) is 5.11 Å². The molecule has 0 bridgehead atoms. The molecule has 2 unspecified atom stereocenters. The van der Waals surface area contributed by atoms with Crippen molar-refractivity contribution in [2.45, 2.75) is 32.8 Å². The number of aliphatic hydroxyl groups is 1. The maximum atomic E-state index is 9.99. The van der Waals surface area contributed by atoms with Crippen LogP contribution in [0.3, 0.4) is 0 Å². The lowest BCUT2D eigenvalue weighted by atomic mass is 9.96. The summed E-state index contributed by atoms with van der Waals surface area (Å²) in [5.41, 5.74) is 0.939. The average molecular weight is 208 g/mol. The number of rotatable bonds is 5. The molecule has 0 radical (unpaired) electrons. The number of hydrogen-bond acceptors (Lipinski definition) is 2. The molecule has 1 N–H and O–H groups in total. The van der Waals surface area contributed by atoms with Crippen molar-refractivity contribution >= 4 is 0 Å². The normalized spacial score (nSPS) is 14.7. The topological polar surface area (TPSA) is 29.5 Å². The molecule has 84 valence electrons. The summed E-state index contributed by atoms with van der Waals surface area (Å²) in [5, 5.41) is 9.99. The summed E-state index contributed by atoms with van der Waals surface area (Å²) >= 11 is 0. The Morgan fingerprint density at radius 3 is 2.73 bits per heavy atom. The quantitative estimate of drug-likeness (QED) is 0.805. The number of benzene rings is 1. The second kappa shape index (κ2) is 5.76. The largest absolute Gasteiger partial charge is 0.497 e. The molecule has 0 saturated heterocycles. The minimum Gasteiger partial charge on any atom is -0.497 e. The Labute approximate surface area is 91.9 Å². The fraction of sp³-hybridized carbons (Fsp3) is 0.538. The molecule has 0 fully saturated rings. The highest BCUT2D eigenvalue weighted by Gasteiger charge is 2.11. The van der Waals surface area contributed by atoms with Crippen LogP contribution in [0.1, 0.15) is 38.4 Å². The molecule has 2 nitrogen and oxygen atoms in total. The molecule has 15 heavy (non-hydrogen) atoms. The zero-order valence-electron chi connectivity index (χ0n) is 9.73. The van der Waals surface area contributed by atoms with Gasteiger partial charge in [-0.05, 0) is 30.0 Å². The molecule has 2 heteroatoms. The van der Waals surface area contributed by atoms with E-state index in [0.717, 1.165) is 24.2 Å². The fourth-order valence-corrected chi connectivity index (χ4v) is 1.53. The standard InChI is InChI=1S/C13H20O2/c1-4-10(2)8-13(14)11-6-5-7-12(9-11)15-3/h5-7,9-10,13-14H,4,8H2,1-3H3. The lowest BCUT2D eigenvalue weighted by molar-refractivity contribution is 0.146. The van der Waals surface area contributed by atoms with Crippen molar-refractivity contribution in [2.24, 2.45) is 5.92 Å². The van der Waals surface area contributed by atoms with Crippen molar-refractivity contribution in [3.8, 4) is 5.75 Å². The third-order valence-corrected chi connectivity index (χ3v) is 2.80. The van der Waals surface area contributed by atoms with Crippen LogP contribution in [0.2, 0.25) is 0 Å². The van der Waals surface area contributed by atoms with Crippen molar-refractivity contribution in [1.29, 1.82) is 0 Å². The van der Waals surface area contributed by atoms with Gasteiger partial charge in [-0.15, -0.1) is 0 Å². The van der Waals surface area contributed by atoms with Crippen LogP contribution in [-0.4, -0.2) is 12.2 Å². The van der Waals surface area contributed by atoms with Crippen molar-refractivity contribution in [3.05, 3.63) is 29.8 Å². The smallest absolute Gasteiger partial charge is 0.119 e. The molecule has 1 rings (SSSR count). The molecule has 0 amide bonds. The van der Waals surface area contributed by atoms with E-state index in [-0.39, 0.29) is 6.10 Å². The van der Waals surface area contributed by atoms with Gasteiger partial charge in [-0.1, -0.05) is 32.4 Å². The van der Waals surface area contributed by atoms with Crippen LogP contribution in [0.25, 0.3) is 0 Å². The van der Waals surface area contributed by atoms with E-state index in [0.29, 0.717) is 5.92 Å². The Morgan fingerprint density at radius 1 is 1.40 bits per heavy atom. The predicted octanol–water partition coefficient (Wildman–Crippen LogP) is 3.16. The molecule has 0 aliphatic carbocycles.